The van der Waals surface area contributed by atoms with E-state index in [1.54, 1.807) is 0 Å². The number of hydrogen-bond acceptors (Lipinski definition) is 2. The Morgan fingerprint density at radius 1 is 1.24 bits per heavy atom. The van der Waals surface area contributed by atoms with Crippen molar-refractivity contribution < 1.29 is 0 Å². The normalized spacial score (nSPS) is 10.2. The number of rotatable bonds is 3. The maximum atomic E-state index is 9.11. The minimum atomic E-state index is 0.542. The molecule has 0 radical (unpaired) electrons. The Kier molecular flexibility index (Phi) is 3.27. The van der Waals surface area contributed by atoms with Crippen molar-refractivity contribution in [2.45, 2.75) is 20.0 Å². The van der Waals surface area contributed by atoms with E-state index in [0.717, 1.165) is 23.4 Å². The highest BCUT2D eigenvalue weighted by Gasteiger charge is 2.09. The first-order valence-corrected chi connectivity index (χ1v) is 5.68. The first-order chi connectivity index (χ1) is 8.30. The summed E-state index contributed by atoms with van der Waals surface area (Å²) in [5.41, 5.74) is 9.43. The standard InChI is InChI=1S/C14H15N3/c1-2-17-8-7-13(10-16)14(17)12-5-3-11(9-15)4-6-12/h3-8H,2,9,15H2,1H3. The van der Waals surface area contributed by atoms with Gasteiger partial charge >= 0.3 is 0 Å². The maximum Gasteiger partial charge on any atom is 0.101 e. The van der Waals surface area contributed by atoms with Crippen LogP contribution >= 0.6 is 0 Å². The highest BCUT2D eigenvalue weighted by atomic mass is 15.0. The third-order valence-electron chi connectivity index (χ3n) is 2.89. The van der Waals surface area contributed by atoms with Gasteiger partial charge in [-0.05, 0) is 24.1 Å². The third kappa shape index (κ3) is 2.08. The summed E-state index contributed by atoms with van der Waals surface area (Å²) in [6, 6.07) is 12.1. The Labute approximate surface area is 101 Å². The van der Waals surface area contributed by atoms with Gasteiger partial charge in [-0.2, -0.15) is 5.26 Å². The summed E-state index contributed by atoms with van der Waals surface area (Å²) in [5.74, 6) is 0. The van der Waals surface area contributed by atoms with Crippen LogP contribution in [0.2, 0.25) is 0 Å². The second-order valence-electron chi connectivity index (χ2n) is 3.88. The lowest BCUT2D eigenvalue weighted by atomic mass is 10.1. The summed E-state index contributed by atoms with van der Waals surface area (Å²) in [6.45, 7) is 3.47. The highest BCUT2D eigenvalue weighted by molar-refractivity contribution is 5.68. The molecule has 17 heavy (non-hydrogen) atoms. The Balaban J connectivity index is 2.51. The van der Waals surface area contributed by atoms with Gasteiger partial charge in [0.05, 0.1) is 11.3 Å². The molecule has 0 atom stereocenters. The van der Waals surface area contributed by atoms with E-state index in [4.69, 9.17) is 11.0 Å². The van der Waals surface area contributed by atoms with Crippen molar-refractivity contribution in [1.82, 2.24) is 4.57 Å². The van der Waals surface area contributed by atoms with Crippen molar-refractivity contribution >= 4 is 0 Å². The van der Waals surface area contributed by atoms with Gasteiger partial charge in [-0.25, -0.2) is 0 Å². The fourth-order valence-corrected chi connectivity index (χ4v) is 1.95. The van der Waals surface area contributed by atoms with E-state index in [-0.39, 0.29) is 0 Å². The lowest BCUT2D eigenvalue weighted by Crippen LogP contribution is -1.98. The molecule has 2 rings (SSSR count). The Hall–Kier alpha value is -2.05. The van der Waals surface area contributed by atoms with E-state index in [1.807, 2.05) is 36.5 Å². The number of aryl methyl sites for hydroxylation is 1. The average Bonchev–Trinajstić information content (AvgIpc) is 2.81. The number of nitrogens with two attached hydrogens (primary N) is 1. The predicted octanol–water partition coefficient (Wildman–Crippen LogP) is 2.51. The summed E-state index contributed by atoms with van der Waals surface area (Å²) >= 11 is 0. The molecule has 0 unspecified atom stereocenters. The van der Waals surface area contributed by atoms with Gasteiger partial charge in [0.15, 0.2) is 0 Å². The minimum absolute atomic E-state index is 0.542. The molecule has 3 nitrogen and oxygen atoms in total. The van der Waals surface area contributed by atoms with E-state index < -0.39 is 0 Å². The van der Waals surface area contributed by atoms with Crippen LogP contribution in [-0.4, -0.2) is 4.57 Å². The smallest absolute Gasteiger partial charge is 0.101 e. The second kappa shape index (κ2) is 4.86. The van der Waals surface area contributed by atoms with Crippen molar-refractivity contribution in [2.24, 2.45) is 5.73 Å². The Morgan fingerprint density at radius 3 is 2.47 bits per heavy atom. The first-order valence-electron chi connectivity index (χ1n) is 5.68. The van der Waals surface area contributed by atoms with Crippen molar-refractivity contribution in [3.8, 4) is 17.3 Å². The van der Waals surface area contributed by atoms with E-state index in [0.29, 0.717) is 12.1 Å². The van der Waals surface area contributed by atoms with Gasteiger partial charge in [-0.3, -0.25) is 0 Å². The molecule has 0 bridgehead atoms. The van der Waals surface area contributed by atoms with Crippen molar-refractivity contribution in [3.05, 3.63) is 47.7 Å². The maximum absolute atomic E-state index is 9.11. The molecule has 0 aliphatic heterocycles. The van der Waals surface area contributed by atoms with E-state index in [1.165, 1.54) is 0 Å². The number of benzene rings is 1. The van der Waals surface area contributed by atoms with Gasteiger partial charge < -0.3 is 10.3 Å². The fraction of sp³-hybridized carbons (Fsp3) is 0.214. The molecule has 0 saturated heterocycles. The molecular formula is C14H15N3. The molecule has 1 heterocycles. The minimum Gasteiger partial charge on any atom is -0.347 e. The molecule has 1 aromatic carbocycles. The van der Waals surface area contributed by atoms with Crippen LogP contribution in [-0.2, 0) is 13.1 Å². The number of hydrogen-bond donors (Lipinski definition) is 1. The van der Waals surface area contributed by atoms with Crippen LogP contribution in [0.4, 0.5) is 0 Å². The summed E-state index contributed by atoms with van der Waals surface area (Å²) in [4.78, 5) is 0. The largest absolute Gasteiger partial charge is 0.347 e. The highest BCUT2D eigenvalue weighted by Crippen LogP contribution is 2.25. The molecule has 0 saturated carbocycles. The molecule has 3 heteroatoms. The summed E-state index contributed by atoms with van der Waals surface area (Å²) in [7, 11) is 0. The third-order valence-corrected chi connectivity index (χ3v) is 2.89. The molecule has 2 N–H and O–H groups in total. The summed E-state index contributed by atoms with van der Waals surface area (Å²) in [5, 5.41) is 9.11. The second-order valence-corrected chi connectivity index (χ2v) is 3.88. The van der Waals surface area contributed by atoms with Crippen LogP contribution in [0.5, 0.6) is 0 Å². The predicted molar refractivity (Wildman–Crippen MR) is 68.1 cm³/mol. The average molecular weight is 225 g/mol. The van der Waals surface area contributed by atoms with Crippen LogP contribution < -0.4 is 5.73 Å². The Bertz CT molecular complexity index is 544. The molecule has 0 amide bonds. The monoisotopic (exact) mass is 225 g/mol. The van der Waals surface area contributed by atoms with E-state index >= 15 is 0 Å². The molecule has 2 aromatic rings. The van der Waals surface area contributed by atoms with Crippen LogP contribution in [0.25, 0.3) is 11.3 Å². The van der Waals surface area contributed by atoms with Crippen molar-refractivity contribution in [1.29, 1.82) is 5.26 Å². The molecule has 0 aliphatic carbocycles. The first kappa shape index (κ1) is 11.4. The Morgan fingerprint density at radius 2 is 1.94 bits per heavy atom. The molecule has 0 aliphatic rings. The van der Waals surface area contributed by atoms with Gasteiger partial charge in [-0.15, -0.1) is 0 Å². The van der Waals surface area contributed by atoms with Crippen LogP contribution in [0, 0.1) is 11.3 Å². The lowest BCUT2D eigenvalue weighted by molar-refractivity contribution is 0.776. The van der Waals surface area contributed by atoms with Gasteiger partial charge in [0, 0.05) is 19.3 Å². The van der Waals surface area contributed by atoms with Gasteiger partial charge in [0.25, 0.3) is 0 Å². The summed E-state index contributed by atoms with van der Waals surface area (Å²) < 4.78 is 2.08. The quantitative estimate of drug-likeness (QED) is 0.872. The molecular weight excluding hydrogens is 210 g/mol. The molecule has 0 spiro atoms. The van der Waals surface area contributed by atoms with Gasteiger partial charge in [0.1, 0.15) is 6.07 Å². The fourth-order valence-electron chi connectivity index (χ4n) is 1.95. The zero-order valence-corrected chi connectivity index (χ0v) is 9.85. The van der Waals surface area contributed by atoms with E-state index in [2.05, 4.69) is 17.6 Å². The lowest BCUT2D eigenvalue weighted by Gasteiger charge is -2.08. The van der Waals surface area contributed by atoms with Crippen LogP contribution in [0.3, 0.4) is 0 Å². The SMILES string of the molecule is CCn1ccc(C#N)c1-c1ccc(CN)cc1. The molecule has 1 aromatic heterocycles. The summed E-state index contributed by atoms with van der Waals surface area (Å²) in [6.07, 6.45) is 1.95. The number of nitriles is 1. The molecule has 86 valence electrons. The van der Waals surface area contributed by atoms with Crippen molar-refractivity contribution in [3.63, 3.8) is 0 Å². The van der Waals surface area contributed by atoms with Crippen molar-refractivity contribution in [2.75, 3.05) is 0 Å². The van der Waals surface area contributed by atoms with Crippen LogP contribution in [0.1, 0.15) is 18.1 Å². The van der Waals surface area contributed by atoms with Crippen LogP contribution in [0.15, 0.2) is 36.5 Å². The van der Waals surface area contributed by atoms with E-state index in [9.17, 15) is 0 Å². The number of aromatic nitrogens is 1. The zero-order valence-electron chi connectivity index (χ0n) is 9.85. The zero-order chi connectivity index (χ0) is 12.3. The number of nitrogens with zero attached hydrogens (tertiary/aromatic N) is 2. The molecule has 0 fully saturated rings. The van der Waals surface area contributed by atoms with Gasteiger partial charge in [0.2, 0.25) is 0 Å². The van der Waals surface area contributed by atoms with Gasteiger partial charge in [-0.1, -0.05) is 24.3 Å². The topological polar surface area (TPSA) is 54.7 Å².